The van der Waals surface area contributed by atoms with E-state index in [-0.39, 0.29) is 18.2 Å². The standard InChI is InChI=1S/C21H28N4O5S/c1-3-29-18-8-4-5-9-19(18)30-17-7-6-10-25(14-17)20(31(2,27)28)13-24-21(26)16-11-22-15-23-12-16/h4-5,8-9,11-12,15,17,20H,3,6-7,10,13-14H2,1-2H3,(H,24,26)/t17?,20-/m1/s1. The number of piperidine rings is 1. The molecule has 1 unspecified atom stereocenters. The molecule has 168 valence electrons. The SMILES string of the molecule is CCOc1ccccc1OC1CCCN([C@@H](CNC(=O)c2cncnc2)S(C)(=O)=O)C1. The third-order valence-electron chi connectivity index (χ3n) is 5.01. The third-order valence-corrected chi connectivity index (χ3v) is 6.47. The van der Waals surface area contributed by atoms with Crippen LogP contribution in [0.25, 0.3) is 0 Å². The maximum Gasteiger partial charge on any atom is 0.254 e. The molecule has 9 nitrogen and oxygen atoms in total. The van der Waals surface area contributed by atoms with Crippen LogP contribution in [0.5, 0.6) is 11.5 Å². The Morgan fingerprint density at radius 2 is 1.97 bits per heavy atom. The van der Waals surface area contributed by atoms with Crippen LogP contribution >= 0.6 is 0 Å². The van der Waals surface area contributed by atoms with Crippen molar-refractivity contribution in [2.24, 2.45) is 0 Å². The molecular formula is C21H28N4O5S. The van der Waals surface area contributed by atoms with Crippen molar-refractivity contribution < 1.29 is 22.7 Å². The average Bonchev–Trinajstić information content (AvgIpc) is 2.75. The average molecular weight is 449 g/mol. The molecular weight excluding hydrogens is 420 g/mol. The van der Waals surface area contributed by atoms with E-state index in [1.807, 2.05) is 36.1 Å². The summed E-state index contributed by atoms with van der Waals surface area (Å²) in [5.74, 6) is 0.897. The molecule has 0 spiro atoms. The van der Waals surface area contributed by atoms with Crippen molar-refractivity contribution in [2.45, 2.75) is 31.2 Å². The van der Waals surface area contributed by atoms with E-state index >= 15 is 0 Å². The summed E-state index contributed by atoms with van der Waals surface area (Å²) in [6, 6.07) is 7.45. The second kappa shape index (κ2) is 10.5. The van der Waals surface area contributed by atoms with E-state index in [9.17, 15) is 13.2 Å². The van der Waals surface area contributed by atoms with Crippen molar-refractivity contribution >= 4 is 15.7 Å². The van der Waals surface area contributed by atoms with Gasteiger partial charge in [0.15, 0.2) is 21.3 Å². The van der Waals surface area contributed by atoms with Crippen LogP contribution in [0.2, 0.25) is 0 Å². The van der Waals surface area contributed by atoms with Gasteiger partial charge < -0.3 is 14.8 Å². The van der Waals surface area contributed by atoms with Gasteiger partial charge in [0, 0.05) is 31.7 Å². The Labute approximate surface area is 182 Å². The molecule has 2 heterocycles. The number of nitrogens with zero attached hydrogens (tertiary/aromatic N) is 3. The number of carbonyl (C=O) groups is 1. The Balaban J connectivity index is 1.67. The second-order valence-electron chi connectivity index (χ2n) is 7.38. The highest BCUT2D eigenvalue weighted by Gasteiger charge is 2.33. The minimum atomic E-state index is -3.46. The summed E-state index contributed by atoms with van der Waals surface area (Å²) >= 11 is 0. The van der Waals surface area contributed by atoms with Gasteiger partial charge >= 0.3 is 0 Å². The lowest BCUT2D eigenvalue weighted by Gasteiger charge is -2.37. The molecule has 0 radical (unpaired) electrons. The third kappa shape index (κ3) is 6.38. The van der Waals surface area contributed by atoms with Crippen LogP contribution < -0.4 is 14.8 Å². The minimum Gasteiger partial charge on any atom is -0.490 e. The quantitative estimate of drug-likeness (QED) is 0.615. The monoisotopic (exact) mass is 448 g/mol. The van der Waals surface area contributed by atoms with E-state index in [2.05, 4.69) is 15.3 Å². The lowest BCUT2D eigenvalue weighted by Crippen LogP contribution is -2.53. The number of amides is 1. The lowest BCUT2D eigenvalue weighted by atomic mass is 10.1. The molecule has 1 amide bonds. The van der Waals surface area contributed by atoms with Gasteiger partial charge in [0.2, 0.25) is 0 Å². The van der Waals surface area contributed by atoms with Crippen molar-refractivity contribution in [1.82, 2.24) is 20.2 Å². The Kier molecular flexibility index (Phi) is 7.80. The molecule has 1 N–H and O–H groups in total. The first-order valence-corrected chi connectivity index (χ1v) is 12.2. The van der Waals surface area contributed by atoms with Crippen LogP contribution in [0.3, 0.4) is 0 Å². The number of aromatic nitrogens is 2. The molecule has 2 atom stereocenters. The van der Waals surface area contributed by atoms with E-state index in [4.69, 9.17) is 9.47 Å². The molecule has 0 saturated carbocycles. The fraction of sp³-hybridized carbons (Fsp3) is 0.476. The zero-order valence-corrected chi connectivity index (χ0v) is 18.5. The number of likely N-dealkylation sites (tertiary alicyclic amines) is 1. The van der Waals surface area contributed by atoms with Crippen molar-refractivity contribution in [1.29, 1.82) is 0 Å². The lowest BCUT2D eigenvalue weighted by molar-refractivity contribution is 0.0751. The van der Waals surface area contributed by atoms with E-state index in [1.54, 1.807) is 0 Å². The molecule has 1 saturated heterocycles. The normalized spacial score (nSPS) is 18.2. The number of sulfone groups is 1. The van der Waals surface area contributed by atoms with Gasteiger partial charge in [0.25, 0.3) is 5.91 Å². The van der Waals surface area contributed by atoms with Crippen molar-refractivity contribution in [3.8, 4) is 11.5 Å². The highest BCUT2D eigenvalue weighted by molar-refractivity contribution is 7.91. The summed E-state index contributed by atoms with van der Waals surface area (Å²) < 4.78 is 36.8. The molecule has 1 aliphatic heterocycles. The fourth-order valence-corrected chi connectivity index (χ4v) is 4.69. The molecule has 1 aromatic carbocycles. The van der Waals surface area contributed by atoms with E-state index in [0.29, 0.717) is 31.2 Å². The molecule has 1 aromatic heterocycles. The zero-order valence-electron chi connectivity index (χ0n) is 17.7. The van der Waals surface area contributed by atoms with Gasteiger partial charge in [-0.1, -0.05) is 12.1 Å². The smallest absolute Gasteiger partial charge is 0.254 e. The van der Waals surface area contributed by atoms with Gasteiger partial charge in [-0.05, 0) is 38.4 Å². The second-order valence-corrected chi connectivity index (χ2v) is 9.58. The Morgan fingerprint density at radius 1 is 1.26 bits per heavy atom. The summed E-state index contributed by atoms with van der Waals surface area (Å²) in [5.41, 5.74) is 0.280. The summed E-state index contributed by atoms with van der Waals surface area (Å²) in [6.45, 7) is 3.44. The maximum atomic E-state index is 12.5. The first kappa shape index (κ1) is 23.0. The zero-order chi connectivity index (χ0) is 22.3. The Bertz CT molecular complexity index is 971. The summed E-state index contributed by atoms with van der Waals surface area (Å²) in [7, 11) is -3.46. The van der Waals surface area contributed by atoms with E-state index in [0.717, 1.165) is 12.8 Å². The number of rotatable bonds is 9. The van der Waals surface area contributed by atoms with E-state index in [1.165, 1.54) is 25.0 Å². The van der Waals surface area contributed by atoms with Crippen LogP contribution in [-0.2, 0) is 9.84 Å². The number of carbonyl (C=O) groups excluding carboxylic acids is 1. The number of ether oxygens (including phenoxy) is 2. The highest BCUT2D eigenvalue weighted by Crippen LogP contribution is 2.29. The molecule has 1 fully saturated rings. The number of para-hydroxylation sites is 2. The van der Waals surface area contributed by atoms with Crippen molar-refractivity contribution in [2.75, 3.05) is 32.5 Å². The van der Waals surface area contributed by atoms with Crippen LogP contribution in [0, 0.1) is 0 Å². The van der Waals surface area contributed by atoms with Crippen molar-refractivity contribution in [3.05, 3.63) is 48.5 Å². The Morgan fingerprint density at radius 3 is 2.65 bits per heavy atom. The summed E-state index contributed by atoms with van der Waals surface area (Å²) in [6.07, 6.45) is 6.70. The van der Waals surface area contributed by atoms with Gasteiger partial charge in [-0.2, -0.15) is 0 Å². The maximum absolute atomic E-state index is 12.5. The van der Waals surface area contributed by atoms with Crippen LogP contribution in [-0.4, -0.2) is 73.2 Å². The molecule has 3 rings (SSSR count). The molecule has 0 aliphatic carbocycles. The van der Waals surface area contributed by atoms with Gasteiger partial charge in [0.1, 0.15) is 17.8 Å². The largest absolute Gasteiger partial charge is 0.490 e. The first-order valence-electron chi connectivity index (χ1n) is 10.2. The van der Waals surface area contributed by atoms with Gasteiger partial charge in [-0.25, -0.2) is 18.4 Å². The fourth-order valence-electron chi connectivity index (χ4n) is 3.58. The Hall–Kier alpha value is -2.72. The number of benzene rings is 1. The highest BCUT2D eigenvalue weighted by atomic mass is 32.2. The van der Waals surface area contributed by atoms with Gasteiger partial charge in [-0.3, -0.25) is 9.69 Å². The van der Waals surface area contributed by atoms with Crippen LogP contribution in [0.4, 0.5) is 0 Å². The number of nitrogens with one attached hydrogen (secondary N) is 1. The molecule has 2 aromatic rings. The van der Waals surface area contributed by atoms with Crippen molar-refractivity contribution in [3.63, 3.8) is 0 Å². The molecule has 0 bridgehead atoms. The minimum absolute atomic E-state index is 0.0329. The predicted molar refractivity (Wildman–Crippen MR) is 116 cm³/mol. The van der Waals surface area contributed by atoms with E-state index < -0.39 is 21.1 Å². The molecule has 10 heteroatoms. The van der Waals surface area contributed by atoms with Crippen LogP contribution in [0.15, 0.2) is 43.0 Å². The summed E-state index contributed by atoms with van der Waals surface area (Å²) in [4.78, 5) is 21.8. The predicted octanol–water partition coefficient (Wildman–Crippen LogP) is 1.52. The molecule has 31 heavy (non-hydrogen) atoms. The summed E-state index contributed by atoms with van der Waals surface area (Å²) in [5, 5.41) is 1.84. The topological polar surface area (TPSA) is 111 Å². The van der Waals surface area contributed by atoms with Crippen LogP contribution in [0.1, 0.15) is 30.1 Å². The molecule has 1 aliphatic rings. The van der Waals surface area contributed by atoms with Gasteiger partial charge in [0.05, 0.1) is 12.2 Å². The van der Waals surface area contributed by atoms with Gasteiger partial charge in [-0.15, -0.1) is 0 Å². The first-order chi connectivity index (χ1) is 14.9. The number of hydrogen-bond donors (Lipinski definition) is 1. The number of hydrogen-bond acceptors (Lipinski definition) is 8.